The maximum Gasteiger partial charge on any atom is 0.232 e. The lowest BCUT2D eigenvalue weighted by molar-refractivity contribution is -0.131. The number of carbonyl (C=O) groups is 1. The normalized spacial score (nSPS) is 15.2. The zero-order valence-corrected chi connectivity index (χ0v) is 15.6. The maximum absolute atomic E-state index is 12.3. The Hall–Kier alpha value is -1.76. The standard InChI is InChI=1S/C17H27N3O3S/c1-18(2)15-7-9-16(10-8-15)20(24(3,22)23)14-11-17(21)19-12-5-4-6-13-19/h7-10H,4-6,11-14H2,1-3H3. The van der Waals surface area contributed by atoms with Crippen molar-refractivity contribution in [2.45, 2.75) is 25.7 Å². The molecule has 0 N–H and O–H groups in total. The van der Waals surface area contributed by atoms with E-state index in [0.717, 1.165) is 38.0 Å². The Balaban J connectivity index is 2.07. The minimum atomic E-state index is -3.43. The number of hydrogen-bond donors (Lipinski definition) is 0. The fourth-order valence-corrected chi connectivity index (χ4v) is 3.83. The van der Waals surface area contributed by atoms with Crippen LogP contribution in [0.2, 0.25) is 0 Å². The number of nitrogens with zero attached hydrogens (tertiary/aromatic N) is 3. The van der Waals surface area contributed by atoms with E-state index >= 15 is 0 Å². The van der Waals surface area contributed by atoms with Crippen molar-refractivity contribution in [2.24, 2.45) is 0 Å². The third kappa shape index (κ3) is 4.87. The summed E-state index contributed by atoms with van der Waals surface area (Å²) in [6, 6.07) is 7.31. The van der Waals surface area contributed by atoms with Crippen LogP contribution in [0.25, 0.3) is 0 Å². The summed E-state index contributed by atoms with van der Waals surface area (Å²) in [6.45, 7) is 1.75. The van der Waals surface area contributed by atoms with Crippen LogP contribution in [0.15, 0.2) is 24.3 Å². The first-order valence-electron chi connectivity index (χ1n) is 8.32. The number of amides is 1. The molecule has 0 saturated carbocycles. The van der Waals surface area contributed by atoms with Gasteiger partial charge in [-0.05, 0) is 43.5 Å². The van der Waals surface area contributed by atoms with Crippen molar-refractivity contribution in [1.29, 1.82) is 0 Å². The van der Waals surface area contributed by atoms with Crippen LogP contribution in [0.4, 0.5) is 11.4 Å². The van der Waals surface area contributed by atoms with E-state index in [9.17, 15) is 13.2 Å². The Morgan fingerprint density at radius 2 is 1.58 bits per heavy atom. The van der Waals surface area contributed by atoms with Crippen molar-refractivity contribution in [2.75, 3.05) is 49.2 Å². The number of piperidine rings is 1. The molecule has 1 aromatic rings. The van der Waals surface area contributed by atoms with E-state index in [0.29, 0.717) is 5.69 Å². The topological polar surface area (TPSA) is 60.9 Å². The fraction of sp³-hybridized carbons (Fsp3) is 0.588. The molecule has 1 heterocycles. The van der Waals surface area contributed by atoms with Gasteiger partial charge >= 0.3 is 0 Å². The number of likely N-dealkylation sites (tertiary alicyclic amines) is 1. The second-order valence-corrected chi connectivity index (χ2v) is 8.34. The van der Waals surface area contributed by atoms with Crippen LogP contribution in [0.1, 0.15) is 25.7 Å². The first kappa shape index (κ1) is 18.6. The summed E-state index contributed by atoms with van der Waals surface area (Å²) >= 11 is 0. The van der Waals surface area contributed by atoms with Crippen LogP contribution >= 0.6 is 0 Å². The summed E-state index contributed by atoms with van der Waals surface area (Å²) in [5.74, 6) is 0.0354. The van der Waals surface area contributed by atoms with Crippen molar-refractivity contribution in [3.05, 3.63) is 24.3 Å². The number of rotatable bonds is 6. The average Bonchev–Trinajstić information content (AvgIpc) is 2.55. The van der Waals surface area contributed by atoms with Gasteiger partial charge in [0.05, 0.1) is 11.9 Å². The molecule has 1 aliphatic rings. The van der Waals surface area contributed by atoms with Crippen LogP contribution in [-0.4, -0.2) is 59.2 Å². The van der Waals surface area contributed by atoms with Gasteiger partial charge in [0.25, 0.3) is 0 Å². The Morgan fingerprint density at radius 1 is 1.04 bits per heavy atom. The number of benzene rings is 1. The summed E-state index contributed by atoms with van der Waals surface area (Å²) in [7, 11) is 0.434. The molecule has 0 aliphatic carbocycles. The smallest absolute Gasteiger partial charge is 0.232 e. The minimum absolute atomic E-state index is 0.0354. The van der Waals surface area contributed by atoms with Crippen LogP contribution in [-0.2, 0) is 14.8 Å². The van der Waals surface area contributed by atoms with Crippen LogP contribution in [0.3, 0.4) is 0 Å². The van der Waals surface area contributed by atoms with Gasteiger partial charge in [0.2, 0.25) is 15.9 Å². The molecule has 0 bridgehead atoms. The van der Waals surface area contributed by atoms with Gasteiger partial charge in [0.1, 0.15) is 0 Å². The highest BCUT2D eigenvalue weighted by atomic mass is 32.2. The lowest BCUT2D eigenvalue weighted by atomic mass is 10.1. The van der Waals surface area contributed by atoms with Gasteiger partial charge in [-0.25, -0.2) is 8.42 Å². The second-order valence-electron chi connectivity index (χ2n) is 6.44. The second kappa shape index (κ2) is 7.88. The van der Waals surface area contributed by atoms with Gasteiger partial charge in [-0.3, -0.25) is 9.10 Å². The molecule has 0 aromatic heterocycles. The fourth-order valence-electron chi connectivity index (χ4n) is 2.90. The van der Waals surface area contributed by atoms with E-state index in [4.69, 9.17) is 0 Å². The van der Waals surface area contributed by atoms with Crippen molar-refractivity contribution in [3.63, 3.8) is 0 Å². The van der Waals surface area contributed by atoms with Gasteiger partial charge in [0, 0.05) is 45.8 Å². The molecule has 0 radical (unpaired) electrons. The third-order valence-electron chi connectivity index (χ3n) is 4.29. The summed E-state index contributed by atoms with van der Waals surface area (Å²) in [6.07, 6.45) is 4.62. The summed E-state index contributed by atoms with van der Waals surface area (Å²) < 4.78 is 25.6. The summed E-state index contributed by atoms with van der Waals surface area (Å²) in [4.78, 5) is 16.1. The van der Waals surface area contributed by atoms with E-state index < -0.39 is 10.0 Å². The molecular formula is C17H27N3O3S. The molecule has 0 unspecified atom stereocenters. The molecule has 0 atom stereocenters. The Bertz CT molecular complexity index is 650. The van der Waals surface area contributed by atoms with E-state index in [-0.39, 0.29) is 18.9 Å². The van der Waals surface area contributed by atoms with E-state index in [1.807, 2.05) is 36.0 Å². The molecule has 24 heavy (non-hydrogen) atoms. The Morgan fingerprint density at radius 3 is 2.08 bits per heavy atom. The molecule has 1 aliphatic heterocycles. The molecule has 134 valence electrons. The maximum atomic E-state index is 12.3. The van der Waals surface area contributed by atoms with Gasteiger partial charge in [0.15, 0.2) is 0 Å². The molecular weight excluding hydrogens is 326 g/mol. The third-order valence-corrected chi connectivity index (χ3v) is 5.49. The number of hydrogen-bond acceptors (Lipinski definition) is 4. The molecule has 0 spiro atoms. The molecule has 1 fully saturated rings. The van der Waals surface area contributed by atoms with Gasteiger partial charge in [-0.15, -0.1) is 0 Å². The lowest BCUT2D eigenvalue weighted by Crippen LogP contribution is -2.39. The predicted octanol–water partition coefficient (Wildman–Crippen LogP) is 1.92. The van der Waals surface area contributed by atoms with E-state index in [1.165, 1.54) is 10.6 Å². The quantitative estimate of drug-likeness (QED) is 0.784. The monoisotopic (exact) mass is 353 g/mol. The van der Waals surface area contributed by atoms with Gasteiger partial charge < -0.3 is 9.80 Å². The highest BCUT2D eigenvalue weighted by Crippen LogP contribution is 2.22. The minimum Gasteiger partial charge on any atom is -0.378 e. The first-order valence-corrected chi connectivity index (χ1v) is 10.2. The zero-order chi connectivity index (χ0) is 17.7. The van der Waals surface area contributed by atoms with Crippen molar-refractivity contribution in [1.82, 2.24) is 4.90 Å². The lowest BCUT2D eigenvalue weighted by Gasteiger charge is -2.28. The number of anilines is 2. The van der Waals surface area contributed by atoms with Crippen LogP contribution < -0.4 is 9.21 Å². The number of carbonyl (C=O) groups excluding carboxylic acids is 1. The van der Waals surface area contributed by atoms with Crippen LogP contribution in [0.5, 0.6) is 0 Å². The highest BCUT2D eigenvalue weighted by molar-refractivity contribution is 7.92. The first-order chi connectivity index (χ1) is 11.3. The molecule has 6 nitrogen and oxygen atoms in total. The predicted molar refractivity (Wildman–Crippen MR) is 98.0 cm³/mol. The largest absolute Gasteiger partial charge is 0.378 e. The molecule has 7 heteroatoms. The molecule has 1 aromatic carbocycles. The van der Waals surface area contributed by atoms with Crippen molar-refractivity contribution >= 4 is 27.3 Å². The molecule has 2 rings (SSSR count). The van der Waals surface area contributed by atoms with Gasteiger partial charge in [-0.2, -0.15) is 0 Å². The Kier molecular flexibility index (Phi) is 6.10. The van der Waals surface area contributed by atoms with E-state index in [2.05, 4.69) is 0 Å². The summed E-state index contributed by atoms with van der Waals surface area (Å²) in [5, 5.41) is 0. The zero-order valence-electron chi connectivity index (χ0n) is 14.7. The highest BCUT2D eigenvalue weighted by Gasteiger charge is 2.21. The molecule has 1 saturated heterocycles. The average molecular weight is 353 g/mol. The van der Waals surface area contributed by atoms with Crippen molar-refractivity contribution in [3.8, 4) is 0 Å². The molecule has 1 amide bonds. The van der Waals surface area contributed by atoms with E-state index in [1.54, 1.807) is 12.1 Å². The van der Waals surface area contributed by atoms with Crippen molar-refractivity contribution < 1.29 is 13.2 Å². The summed E-state index contributed by atoms with van der Waals surface area (Å²) in [5.41, 5.74) is 1.59. The SMILES string of the molecule is CN(C)c1ccc(N(CCC(=O)N2CCCCC2)S(C)(=O)=O)cc1. The van der Waals surface area contributed by atoms with Gasteiger partial charge in [-0.1, -0.05) is 0 Å². The number of sulfonamides is 1. The Labute approximate surface area is 145 Å². The van der Waals surface area contributed by atoms with Crippen LogP contribution in [0, 0.1) is 0 Å².